The normalized spacial score (nSPS) is 10.1. The lowest BCUT2D eigenvalue weighted by Gasteiger charge is -2.07. The Morgan fingerprint density at radius 1 is 1.22 bits per heavy atom. The van der Waals surface area contributed by atoms with Gasteiger partial charge in [-0.1, -0.05) is 23.7 Å². The molecule has 0 saturated carbocycles. The zero-order chi connectivity index (χ0) is 16.7. The van der Waals surface area contributed by atoms with Crippen LogP contribution < -0.4 is 10.0 Å². The van der Waals surface area contributed by atoms with Crippen LogP contribution in [0.4, 0.5) is 0 Å². The summed E-state index contributed by atoms with van der Waals surface area (Å²) in [5.41, 5.74) is 1.22. The number of hydrogen-bond donors (Lipinski definition) is 1. The fourth-order valence-electron chi connectivity index (χ4n) is 1.85. The predicted octanol–water partition coefficient (Wildman–Crippen LogP) is 1.49. The molecule has 120 valence electrons. The second kappa shape index (κ2) is 8.14. The van der Waals surface area contributed by atoms with E-state index >= 15 is 0 Å². The first-order chi connectivity index (χ1) is 11.0. The average Bonchev–Trinajstić information content (AvgIpc) is 2.53. The van der Waals surface area contributed by atoms with Gasteiger partial charge in [0.15, 0.2) is 19.0 Å². The number of nitrogens with one attached hydrogen (secondary N) is 1. The van der Waals surface area contributed by atoms with Crippen molar-refractivity contribution >= 4 is 23.5 Å². The maximum Gasteiger partial charge on any atom is 0.339 e. The maximum absolute atomic E-state index is 11.7. The Labute approximate surface area is 138 Å². The molecule has 0 fully saturated rings. The second-order valence-electron chi connectivity index (χ2n) is 4.75. The van der Waals surface area contributed by atoms with E-state index in [2.05, 4.69) is 5.32 Å². The van der Waals surface area contributed by atoms with Crippen molar-refractivity contribution in [1.29, 1.82) is 0 Å². The molecular formula is C16H15ClN2O4. The fourth-order valence-corrected chi connectivity index (χ4v) is 2.07. The fraction of sp³-hybridized carbons (Fsp3) is 0.188. The molecule has 0 aliphatic carbocycles. The van der Waals surface area contributed by atoms with Crippen molar-refractivity contribution in [2.75, 3.05) is 13.2 Å². The van der Waals surface area contributed by atoms with E-state index in [4.69, 9.17) is 16.3 Å². The molecule has 0 saturated heterocycles. The van der Waals surface area contributed by atoms with E-state index in [-0.39, 0.29) is 12.2 Å². The van der Waals surface area contributed by atoms with Gasteiger partial charge in [0.05, 0.1) is 5.56 Å². The maximum atomic E-state index is 11.7. The van der Waals surface area contributed by atoms with Crippen molar-refractivity contribution in [2.24, 2.45) is 0 Å². The molecule has 2 rings (SSSR count). The zero-order valence-electron chi connectivity index (χ0n) is 12.2. The molecule has 2 aromatic rings. The lowest BCUT2D eigenvalue weighted by atomic mass is 10.1. The lowest BCUT2D eigenvalue weighted by molar-refractivity contribution is -0.605. The van der Waals surface area contributed by atoms with Gasteiger partial charge in [-0.2, -0.15) is 4.73 Å². The minimum Gasteiger partial charge on any atom is -0.619 e. The van der Waals surface area contributed by atoms with E-state index in [1.807, 2.05) is 18.2 Å². The number of esters is 1. The van der Waals surface area contributed by atoms with E-state index < -0.39 is 11.9 Å². The van der Waals surface area contributed by atoms with Crippen molar-refractivity contribution in [3.05, 3.63) is 70.1 Å². The summed E-state index contributed by atoms with van der Waals surface area (Å²) in [5.74, 6) is -1.05. The molecule has 6 nitrogen and oxygen atoms in total. The Morgan fingerprint density at radius 3 is 2.65 bits per heavy atom. The number of pyridine rings is 1. The van der Waals surface area contributed by atoms with E-state index in [0.717, 1.165) is 5.56 Å². The van der Waals surface area contributed by atoms with Gasteiger partial charge in [-0.3, -0.25) is 4.79 Å². The number of nitrogens with zero attached hydrogens (tertiary/aromatic N) is 1. The lowest BCUT2D eigenvalue weighted by Crippen LogP contribution is -2.30. The molecule has 23 heavy (non-hydrogen) atoms. The summed E-state index contributed by atoms with van der Waals surface area (Å²) in [6.45, 7) is 0.0406. The number of carbonyl (C=O) groups excluding carboxylic acids is 2. The first-order valence-corrected chi connectivity index (χ1v) is 7.29. The van der Waals surface area contributed by atoms with E-state index in [9.17, 15) is 14.8 Å². The van der Waals surface area contributed by atoms with Crippen molar-refractivity contribution in [2.45, 2.75) is 6.42 Å². The average molecular weight is 335 g/mol. The number of carbonyl (C=O) groups is 2. The Hall–Kier alpha value is -2.60. The highest BCUT2D eigenvalue weighted by Crippen LogP contribution is 2.10. The van der Waals surface area contributed by atoms with E-state index in [1.165, 1.54) is 24.5 Å². The first-order valence-electron chi connectivity index (χ1n) is 6.92. The van der Waals surface area contributed by atoms with Crippen LogP contribution in [-0.4, -0.2) is 25.0 Å². The number of rotatable bonds is 6. The highest BCUT2D eigenvalue weighted by atomic mass is 35.5. The van der Waals surface area contributed by atoms with Crippen molar-refractivity contribution in [3.8, 4) is 0 Å². The minimum absolute atomic E-state index is 0.212. The molecule has 0 aliphatic rings. The summed E-state index contributed by atoms with van der Waals surface area (Å²) in [4.78, 5) is 23.3. The number of amides is 1. The summed E-state index contributed by atoms with van der Waals surface area (Å²) in [6.07, 6.45) is 2.99. The van der Waals surface area contributed by atoms with Crippen molar-refractivity contribution < 1.29 is 19.1 Å². The number of ether oxygens (including phenoxy) is 1. The molecule has 0 bridgehead atoms. The van der Waals surface area contributed by atoms with Crippen LogP contribution in [-0.2, 0) is 16.0 Å². The minimum atomic E-state index is -0.657. The highest BCUT2D eigenvalue weighted by molar-refractivity contribution is 6.30. The molecule has 7 heteroatoms. The Balaban J connectivity index is 1.70. The van der Waals surface area contributed by atoms with E-state index in [0.29, 0.717) is 22.7 Å². The topological polar surface area (TPSA) is 82.3 Å². The van der Waals surface area contributed by atoms with Crippen LogP contribution in [0.1, 0.15) is 15.9 Å². The molecule has 0 unspecified atom stereocenters. The predicted molar refractivity (Wildman–Crippen MR) is 83.9 cm³/mol. The van der Waals surface area contributed by atoms with Crippen molar-refractivity contribution in [3.63, 3.8) is 0 Å². The zero-order valence-corrected chi connectivity index (χ0v) is 13.0. The molecule has 0 atom stereocenters. The first kappa shape index (κ1) is 16.8. The summed E-state index contributed by atoms with van der Waals surface area (Å²) < 4.78 is 5.42. The van der Waals surface area contributed by atoms with Gasteiger partial charge < -0.3 is 15.3 Å². The monoisotopic (exact) mass is 334 g/mol. The second-order valence-corrected chi connectivity index (χ2v) is 5.19. The van der Waals surface area contributed by atoms with Gasteiger partial charge in [0.25, 0.3) is 5.91 Å². The molecule has 1 heterocycles. The number of halogens is 1. The number of benzene rings is 1. The quantitative estimate of drug-likeness (QED) is 0.493. The Bertz CT molecular complexity index is 689. The van der Waals surface area contributed by atoms with Crippen LogP contribution in [0.5, 0.6) is 0 Å². The summed E-state index contributed by atoms with van der Waals surface area (Å²) in [6, 6.07) is 10.0. The van der Waals surface area contributed by atoms with Gasteiger partial charge in [-0.15, -0.1) is 0 Å². The Morgan fingerprint density at radius 2 is 1.96 bits per heavy atom. The molecule has 0 aliphatic heterocycles. The van der Waals surface area contributed by atoms with Crippen molar-refractivity contribution in [1.82, 2.24) is 5.32 Å². The van der Waals surface area contributed by atoms with Gasteiger partial charge in [0, 0.05) is 23.7 Å². The van der Waals surface area contributed by atoms with Gasteiger partial charge in [-0.25, -0.2) is 4.79 Å². The van der Waals surface area contributed by atoms with Gasteiger partial charge >= 0.3 is 5.97 Å². The van der Waals surface area contributed by atoms with E-state index in [1.54, 1.807) is 6.07 Å². The molecule has 1 aromatic heterocycles. The van der Waals surface area contributed by atoms with Crippen LogP contribution in [0.25, 0.3) is 0 Å². The van der Waals surface area contributed by atoms with Crippen LogP contribution >= 0.6 is 11.6 Å². The summed E-state index contributed by atoms with van der Waals surface area (Å²) in [7, 11) is 0. The molecule has 0 spiro atoms. The standard InChI is InChI=1S/C16H15ClN2O4/c17-14-3-1-2-12(10-14)4-7-18-15(20)11-23-16(21)13-5-8-19(22)9-6-13/h1-3,5-6,8-10H,4,7,11H2,(H,18,20). The largest absolute Gasteiger partial charge is 0.619 e. The van der Waals surface area contributed by atoms with Crippen LogP contribution in [0.3, 0.4) is 0 Å². The third-order valence-corrected chi connectivity index (χ3v) is 3.23. The highest BCUT2D eigenvalue weighted by Gasteiger charge is 2.10. The Kier molecular flexibility index (Phi) is 5.94. The van der Waals surface area contributed by atoms with Crippen LogP contribution in [0.15, 0.2) is 48.8 Å². The number of aromatic nitrogens is 1. The molecule has 1 aromatic carbocycles. The molecule has 1 amide bonds. The SMILES string of the molecule is O=C(COC(=O)c1cc[n+]([O-])cc1)NCCc1cccc(Cl)c1. The molecule has 0 radical (unpaired) electrons. The van der Waals surface area contributed by atoms with Gasteiger partial charge in [0.2, 0.25) is 0 Å². The van der Waals surface area contributed by atoms with Gasteiger partial charge in [-0.05, 0) is 24.1 Å². The number of hydrogen-bond acceptors (Lipinski definition) is 4. The smallest absolute Gasteiger partial charge is 0.339 e. The van der Waals surface area contributed by atoms with Crippen LogP contribution in [0.2, 0.25) is 5.02 Å². The summed E-state index contributed by atoms with van der Waals surface area (Å²) in [5, 5.41) is 14.2. The van der Waals surface area contributed by atoms with Gasteiger partial charge in [0.1, 0.15) is 0 Å². The summed E-state index contributed by atoms with van der Waals surface area (Å²) >= 11 is 5.87. The molecule has 1 N–H and O–H groups in total. The third-order valence-electron chi connectivity index (χ3n) is 3.00. The van der Waals surface area contributed by atoms with Crippen LogP contribution in [0, 0.1) is 5.21 Å². The third kappa shape index (κ3) is 5.60. The molecular weight excluding hydrogens is 320 g/mol.